The standard InChI is InChI=1S/C16H22O4/c1-16(19,13-5-3-2-4-6-13)11-20-14-9-7-12(8-10-14)15(17)18/h2-6,12,14,19H,7-11H2,1H3,(H,17,18). The van der Waals surface area contributed by atoms with E-state index < -0.39 is 11.6 Å². The number of rotatable bonds is 5. The first kappa shape index (κ1) is 15.0. The van der Waals surface area contributed by atoms with E-state index in [4.69, 9.17) is 9.84 Å². The molecule has 1 fully saturated rings. The van der Waals surface area contributed by atoms with Crippen LogP contribution in [0.4, 0.5) is 0 Å². The highest BCUT2D eigenvalue weighted by atomic mass is 16.5. The Labute approximate surface area is 119 Å². The summed E-state index contributed by atoms with van der Waals surface area (Å²) in [5.41, 5.74) is -0.176. The maximum absolute atomic E-state index is 10.9. The lowest BCUT2D eigenvalue weighted by atomic mass is 9.87. The van der Waals surface area contributed by atoms with Crippen LogP contribution in [0.2, 0.25) is 0 Å². The van der Waals surface area contributed by atoms with E-state index in [0.29, 0.717) is 12.8 Å². The zero-order valence-corrected chi connectivity index (χ0v) is 11.8. The molecule has 0 aromatic heterocycles. The van der Waals surface area contributed by atoms with E-state index >= 15 is 0 Å². The fourth-order valence-electron chi connectivity index (χ4n) is 2.64. The minimum absolute atomic E-state index is 0.0563. The van der Waals surface area contributed by atoms with Crippen LogP contribution in [0.1, 0.15) is 38.2 Å². The highest BCUT2D eigenvalue weighted by Crippen LogP contribution is 2.28. The van der Waals surface area contributed by atoms with Crippen LogP contribution in [0, 0.1) is 5.92 Å². The number of hydrogen-bond acceptors (Lipinski definition) is 3. The Morgan fingerprint density at radius 3 is 2.40 bits per heavy atom. The van der Waals surface area contributed by atoms with Crippen molar-refractivity contribution in [2.75, 3.05) is 6.61 Å². The Morgan fingerprint density at radius 2 is 1.85 bits per heavy atom. The molecule has 1 aliphatic rings. The molecule has 1 aromatic rings. The van der Waals surface area contributed by atoms with Crippen LogP contribution in [0.15, 0.2) is 30.3 Å². The number of benzene rings is 1. The Kier molecular flexibility index (Phi) is 4.78. The van der Waals surface area contributed by atoms with E-state index in [-0.39, 0.29) is 18.6 Å². The van der Waals surface area contributed by atoms with Crippen LogP contribution in [0.3, 0.4) is 0 Å². The van der Waals surface area contributed by atoms with Crippen molar-refractivity contribution in [3.05, 3.63) is 35.9 Å². The van der Waals surface area contributed by atoms with Crippen LogP contribution in [-0.2, 0) is 15.1 Å². The lowest BCUT2D eigenvalue weighted by molar-refractivity contribution is -0.144. The second kappa shape index (κ2) is 6.37. The summed E-state index contributed by atoms with van der Waals surface area (Å²) in [5.74, 6) is -0.941. The summed E-state index contributed by atoms with van der Waals surface area (Å²) in [7, 11) is 0. The number of carboxylic acid groups (broad SMARTS) is 1. The molecule has 110 valence electrons. The van der Waals surface area contributed by atoms with Gasteiger partial charge in [0.25, 0.3) is 0 Å². The van der Waals surface area contributed by atoms with E-state index in [1.165, 1.54) is 0 Å². The number of hydrogen-bond donors (Lipinski definition) is 2. The molecule has 0 radical (unpaired) electrons. The molecule has 1 aromatic carbocycles. The molecule has 0 heterocycles. The fraction of sp³-hybridized carbons (Fsp3) is 0.562. The molecule has 0 saturated heterocycles. The van der Waals surface area contributed by atoms with Gasteiger partial charge in [-0.3, -0.25) is 4.79 Å². The molecule has 0 aliphatic heterocycles. The van der Waals surface area contributed by atoms with Crippen molar-refractivity contribution in [2.45, 2.75) is 44.3 Å². The molecule has 1 unspecified atom stereocenters. The molecule has 0 amide bonds. The van der Waals surface area contributed by atoms with Crippen molar-refractivity contribution in [2.24, 2.45) is 5.92 Å². The van der Waals surface area contributed by atoms with Gasteiger partial charge in [0.15, 0.2) is 0 Å². The second-order valence-electron chi connectivity index (χ2n) is 5.76. The number of ether oxygens (including phenoxy) is 1. The van der Waals surface area contributed by atoms with Crippen molar-refractivity contribution in [1.29, 1.82) is 0 Å². The smallest absolute Gasteiger partial charge is 0.306 e. The predicted molar refractivity (Wildman–Crippen MR) is 75.3 cm³/mol. The van der Waals surface area contributed by atoms with Crippen LogP contribution in [-0.4, -0.2) is 28.9 Å². The van der Waals surface area contributed by atoms with E-state index in [1.54, 1.807) is 6.92 Å². The summed E-state index contributed by atoms with van der Waals surface area (Å²) < 4.78 is 5.79. The highest BCUT2D eigenvalue weighted by molar-refractivity contribution is 5.70. The topological polar surface area (TPSA) is 66.8 Å². The highest BCUT2D eigenvalue weighted by Gasteiger charge is 2.29. The fourth-order valence-corrected chi connectivity index (χ4v) is 2.64. The molecule has 1 atom stereocenters. The minimum atomic E-state index is -1.01. The summed E-state index contributed by atoms with van der Waals surface area (Å²) >= 11 is 0. The lowest BCUT2D eigenvalue weighted by Crippen LogP contribution is -2.33. The lowest BCUT2D eigenvalue weighted by Gasteiger charge is -2.30. The minimum Gasteiger partial charge on any atom is -0.481 e. The summed E-state index contributed by atoms with van der Waals surface area (Å²) in [5, 5.41) is 19.4. The van der Waals surface area contributed by atoms with Crippen molar-refractivity contribution in [3.63, 3.8) is 0 Å². The van der Waals surface area contributed by atoms with Gasteiger partial charge < -0.3 is 14.9 Å². The van der Waals surface area contributed by atoms with E-state index in [9.17, 15) is 9.90 Å². The molecular weight excluding hydrogens is 256 g/mol. The molecule has 20 heavy (non-hydrogen) atoms. The second-order valence-corrected chi connectivity index (χ2v) is 5.76. The predicted octanol–water partition coefficient (Wildman–Crippen LogP) is 2.55. The quantitative estimate of drug-likeness (QED) is 0.868. The molecular formula is C16H22O4. The van der Waals surface area contributed by atoms with Gasteiger partial charge in [0.1, 0.15) is 5.60 Å². The van der Waals surface area contributed by atoms with Gasteiger partial charge in [0.05, 0.1) is 18.6 Å². The maximum Gasteiger partial charge on any atom is 0.306 e. The summed E-state index contributed by atoms with van der Waals surface area (Å²) in [4.78, 5) is 10.9. The SMILES string of the molecule is CC(O)(COC1CCC(C(=O)O)CC1)c1ccccc1. The molecule has 2 N–H and O–H groups in total. The number of carbonyl (C=O) groups is 1. The first-order valence-electron chi connectivity index (χ1n) is 7.11. The van der Waals surface area contributed by atoms with Crippen LogP contribution in [0.5, 0.6) is 0 Å². The monoisotopic (exact) mass is 278 g/mol. The van der Waals surface area contributed by atoms with E-state index in [1.807, 2.05) is 30.3 Å². The largest absolute Gasteiger partial charge is 0.481 e. The molecule has 0 spiro atoms. The average Bonchev–Trinajstić information content (AvgIpc) is 2.46. The van der Waals surface area contributed by atoms with Crippen molar-refractivity contribution >= 4 is 5.97 Å². The van der Waals surface area contributed by atoms with Crippen molar-refractivity contribution in [1.82, 2.24) is 0 Å². The number of aliphatic carboxylic acids is 1. The molecule has 1 aliphatic carbocycles. The summed E-state index contributed by atoms with van der Waals surface area (Å²) in [6.45, 7) is 1.98. The number of aliphatic hydroxyl groups is 1. The van der Waals surface area contributed by atoms with Crippen molar-refractivity contribution in [3.8, 4) is 0 Å². The summed E-state index contributed by atoms with van der Waals surface area (Å²) in [6, 6.07) is 9.45. The third-order valence-electron chi connectivity index (χ3n) is 4.02. The van der Waals surface area contributed by atoms with Gasteiger partial charge in [-0.2, -0.15) is 0 Å². The summed E-state index contributed by atoms with van der Waals surface area (Å²) in [6.07, 6.45) is 2.88. The van der Waals surface area contributed by atoms with Gasteiger partial charge >= 0.3 is 5.97 Å². The first-order chi connectivity index (χ1) is 9.49. The van der Waals surface area contributed by atoms with Gasteiger partial charge in [-0.15, -0.1) is 0 Å². The maximum atomic E-state index is 10.9. The zero-order chi connectivity index (χ0) is 14.6. The molecule has 4 heteroatoms. The molecule has 0 bridgehead atoms. The van der Waals surface area contributed by atoms with Gasteiger partial charge in [-0.05, 0) is 38.2 Å². The third-order valence-corrected chi connectivity index (χ3v) is 4.02. The van der Waals surface area contributed by atoms with E-state index in [2.05, 4.69) is 0 Å². The van der Waals surface area contributed by atoms with Gasteiger partial charge in [0, 0.05) is 0 Å². The third kappa shape index (κ3) is 3.81. The molecule has 1 saturated carbocycles. The van der Waals surface area contributed by atoms with Crippen LogP contribution < -0.4 is 0 Å². The van der Waals surface area contributed by atoms with Crippen molar-refractivity contribution < 1.29 is 19.7 Å². The van der Waals surface area contributed by atoms with Gasteiger partial charge in [0.2, 0.25) is 0 Å². The number of carboxylic acids is 1. The van der Waals surface area contributed by atoms with Crippen LogP contribution >= 0.6 is 0 Å². The Balaban J connectivity index is 1.82. The van der Waals surface area contributed by atoms with E-state index in [0.717, 1.165) is 18.4 Å². The van der Waals surface area contributed by atoms with Gasteiger partial charge in [-0.1, -0.05) is 30.3 Å². The Morgan fingerprint density at radius 1 is 1.25 bits per heavy atom. The molecule has 2 rings (SSSR count). The normalized spacial score (nSPS) is 25.9. The Hall–Kier alpha value is -1.39. The average molecular weight is 278 g/mol. The first-order valence-corrected chi connectivity index (χ1v) is 7.11. The zero-order valence-electron chi connectivity index (χ0n) is 11.8. The van der Waals surface area contributed by atoms with Gasteiger partial charge in [-0.25, -0.2) is 0 Å². The molecule has 4 nitrogen and oxygen atoms in total. The Bertz CT molecular complexity index is 433. The van der Waals surface area contributed by atoms with Crippen LogP contribution in [0.25, 0.3) is 0 Å².